The van der Waals surface area contributed by atoms with Crippen LogP contribution in [0.4, 0.5) is 13.2 Å². The van der Waals surface area contributed by atoms with Gasteiger partial charge in [0, 0.05) is 5.56 Å². The highest BCUT2D eigenvalue weighted by atomic mass is 35.5. The third kappa shape index (κ3) is 5.84. The molecule has 2 aromatic carbocycles. The first kappa shape index (κ1) is 22.6. The lowest BCUT2D eigenvalue weighted by Gasteiger charge is -2.20. The van der Waals surface area contributed by atoms with Crippen molar-refractivity contribution < 1.29 is 22.8 Å². The normalized spacial score (nSPS) is 10.0. The molecule has 25 heavy (non-hydrogen) atoms. The predicted molar refractivity (Wildman–Crippen MR) is 91.1 cm³/mol. The summed E-state index contributed by atoms with van der Waals surface area (Å²) in [6.45, 7) is 0. The van der Waals surface area contributed by atoms with Crippen LogP contribution in [0.1, 0.15) is 15.9 Å². The van der Waals surface area contributed by atoms with E-state index in [1.165, 1.54) is 18.2 Å². The van der Waals surface area contributed by atoms with Crippen LogP contribution in [-0.2, 0) is 6.18 Å². The van der Waals surface area contributed by atoms with Crippen LogP contribution in [-0.4, -0.2) is 16.9 Å². The average molecular weight is 396 g/mol. The predicted octanol–water partition coefficient (Wildman–Crippen LogP) is 3.88. The molecule has 0 fully saturated rings. The van der Waals surface area contributed by atoms with Crippen molar-refractivity contribution in [1.29, 1.82) is 5.41 Å². The van der Waals surface area contributed by atoms with Crippen molar-refractivity contribution in [2.45, 2.75) is 6.18 Å². The van der Waals surface area contributed by atoms with E-state index in [0.717, 1.165) is 12.1 Å². The number of guanidine groups is 1. The highest BCUT2D eigenvalue weighted by molar-refractivity contribution is 6.03. The molecule has 1 amide bonds. The van der Waals surface area contributed by atoms with E-state index in [9.17, 15) is 18.0 Å². The number of nitrogens with zero attached hydrogens (tertiary/aromatic N) is 1. The van der Waals surface area contributed by atoms with Crippen molar-refractivity contribution in [2.75, 3.05) is 0 Å². The molecule has 0 spiro atoms. The molecule has 0 saturated heterocycles. The van der Waals surface area contributed by atoms with Crippen LogP contribution in [0.25, 0.3) is 0 Å². The summed E-state index contributed by atoms with van der Waals surface area (Å²) >= 11 is 0. The van der Waals surface area contributed by atoms with Crippen molar-refractivity contribution in [2.24, 2.45) is 5.73 Å². The number of hydroxylamine groups is 2. The van der Waals surface area contributed by atoms with Crippen LogP contribution in [0.2, 0.25) is 0 Å². The number of carbonyl (C=O) groups excluding carboxylic acids is 1. The molecule has 0 unspecified atom stereocenters. The number of hydrogen-bond acceptors (Lipinski definition) is 3. The second kappa shape index (κ2) is 9.14. The Kier molecular flexibility index (Phi) is 8.25. The number of nitrogens with two attached hydrogens (primary N) is 1. The summed E-state index contributed by atoms with van der Waals surface area (Å²) in [6, 6.07) is 11.8. The van der Waals surface area contributed by atoms with E-state index in [2.05, 4.69) is 0 Å². The average Bonchev–Trinajstić information content (AvgIpc) is 2.52. The summed E-state index contributed by atoms with van der Waals surface area (Å²) in [5.41, 5.74) is 4.01. The fourth-order valence-corrected chi connectivity index (χ4v) is 1.73. The topological polar surface area (TPSA) is 79.4 Å². The van der Waals surface area contributed by atoms with Gasteiger partial charge in [0.05, 0.1) is 5.56 Å². The van der Waals surface area contributed by atoms with Gasteiger partial charge in [-0.15, -0.1) is 29.9 Å². The number of carbonyl (C=O) groups is 1. The molecule has 0 atom stereocenters. The SMILES string of the molecule is Cl.Cl.N=C(N)N(Oc1ccccc1)C(=O)c1cccc(C(F)(F)F)c1. The molecule has 0 aliphatic carbocycles. The van der Waals surface area contributed by atoms with Crippen LogP contribution < -0.4 is 10.6 Å². The van der Waals surface area contributed by atoms with Crippen LogP contribution in [0.15, 0.2) is 54.6 Å². The third-order valence-electron chi connectivity index (χ3n) is 2.78. The Morgan fingerprint density at radius 1 is 1.04 bits per heavy atom. The van der Waals surface area contributed by atoms with Gasteiger partial charge in [-0.05, 0) is 30.3 Å². The van der Waals surface area contributed by atoms with Crippen molar-refractivity contribution in [3.05, 3.63) is 65.7 Å². The molecule has 0 bridgehead atoms. The van der Waals surface area contributed by atoms with Gasteiger partial charge in [-0.25, -0.2) is 0 Å². The van der Waals surface area contributed by atoms with Gasteiger partial charge in [0.1, 0.15) is 0 Å². The van der Waals surface area contributed by atoms with Gasteiger partial charge in [-0.3, -0.25) is 10.2 Å². The number of alkyl halides is 3. The van der Waals surface area contributed by atoms with Crippen molar-refractivity contribution >= 4 is 36.7 Å². The number of nitrogens with one attached hydrogen (secondary N) is 1. The van der Waals surface area contributed by atoms with Crippen LogP contribution in [0.3, 0.4) is 0 Å². The zero-order valence-electron chi connectivity index (χ0n) is 12.5. The Hall–Kier alpha value is -2.45. The monoisotopic (exact) mass is 395 g/mol. The number of halogens is 5. The summed E-state index contributed by atoms with van der Waals surface area (Å²) < 4.78 is 38.1. The molecule has 5 nitrogen and oxygen atoms in total. The van der Waals surface area contributed by atoms with E-state index in [1.54, 1.807) is 18.2 Å². The van der Waals surface area contributed by atoms with E-state index < -0.39 is 23.6 Å². The zero-order chi connectivity index (χ0) is 17.0. The van der Waals surface area contributed by atoms with Crippen LogP contribution in [0.5, 0.6) is 5.75 Å². The number of amides is 1. The summed E-state index contributed by atoms with van der Waals surface area (Å²) in [6.07, 6.45) is -4.59. The molecule has 0 radical (unpaired) electrons. The molecule has 0 aliphatic heterocycles. The maximum atomic E-state index is 12.7. The maximum absolute atomic E-state index is 12.7. The largest absolute Gasteiger partial charge is 0.416 e. The first-order chi connectivity index (χ1) is 10.8. The summed E-state index contributed by atoms with van der Waals surface area (Å²) in [5.74, 6) is -1.52. The molecule has 136 valence electrons. The van der Waals surface area contributed by atoms with Gasteiger partial charge in [0.15, 0.2) is 5.75 Å². The maximum Gasteiger partial charge on any atom is 0.416 e. The molecule has 0 saturated carbocycles. The van der Waals surface area contributed by atoms with Crippen molar-refractivity contribution in [1.82, 2.24) is 5.06 Å². The number of hydrogen-bond donors (Lipinski definition) is 2. The highest BCUT2D eigenvalue weighted by Gasteiger charge is 2.32. The second-order valence-corrected chi connectivity index (χ2v) is 4.47. The first-order valence-corrected chi connectivity index (χ1v) is 6.38. The fraction of sp³-hybridized carbons (Fsp3) is 0.0667. The van der Waals surface area contributed by atoms with E-state index in [4.69, 9.17) is 16.0 Å². The number of benzene rings is 2. The molecule has 0 heterocycles. The standard InChI is InChI=1S/C15H12F3N3O2.2ClH/c16-15(17,18)11-6-4-5-10(9-11)13(22)21(14(19)20)23-12-7-2-1-3-8-12;;/h1-9H,(H3,19,20);2*1H. The Balaban J connectivity index is 0.00000288. The van der Waals surface area contributed by atoms with Crippen LogP contribution in [0, 0.1) is 5.41 Å². The Bertz CT molecular complexity index is 727. The lowest BCUT2D eigenvalue weighted by Crippen LogP contribution is -2.43. The summed E-state index contributed by atoms with van der Waals surface area (Å²) in [4.78, 5) is 17.5. The fourth-order valence-electron chi connectivity index (χ4n) is 1.73. The molecular weight excluding hydrogens is 382 g/mol. The van der Waals surface area contributed by atoms with Gasteiger partial charge in [0.25, 0.3) is 5.91 Å². The summed E-state index contributed by atoms with van der Waals surface area (Å²) in [7, 11) is 0. The Labute approximate surface area is 153 Å². The Morgan fingerprint density at radius 3 is 2.16 bits per heavy atom. The minimum absolute atomic E-state index is 0. The lowest BCUT2D eigenvalue weighted by molar-refractivity contribution is -0.137. The van der Waals surface area contributed by atoms with Gasteiger partial charge < -0.3 is 10.6 Å². The Morgan fingerprint density at radius 2 is 1.64 bits per heavy atom. The van der Waals surface area contributed by atoms with Crippen molar-refractivity contribution in [3.8, 4) is 5.75 Å². The number of para-hydroxylation sites is 1. The lowest BCUT2D eigenvalue weighted by atomic mass is 10.1. The highest BCUT2D eigenvalue weighted by Crippen LogP contribution is 2.29. The third-order valence-corrected chi connectivity index (χ3v) is 2.78. The van der Waals surface area contributed by atoms with E-state index in [1.807, 2.05) is 0 Å². The smallest absolute Gasteiger partial charge is 0.369 e. The second-order valence-electron chi connectivity index (χ2n) is 4.47. The zero-order valence-corrected chi connectivity index (χ0v) is 14.1. The molecule has 10 heteroatoms. The number of rotatable bonds is 3. The van der Waals surface area contributed by atoms with Gasteiger partial charge in [0.2, 0.25) is 5.96 Å². The van der Waals surface area contributed by atoms with Crippen LogP contribution >= 0.6 is 24.8 Å². The molecule has 2 rings (SSSR count). The molecule has 3 N–H and O–H groups in total. The van der Waals surface area contributed by atoms with Crippen molar-refractivity contribution in [3.63, 3.8) is 0 Å². The van der Waals surface area contributed by atoms with E-state index in [0.29, 0.717) is 11.1 Å². The molecule has 0 aromatic heterocycles. The summed E-state index contributed by atoms with van der Waals surface area (Å²) in [5, 5.41) is 7.81. The van der Waals surface area contributed by atoms with Gasteiger partial charge >= 0.3 is 6.18 Å². The minimum Gasteiger partial charge on any atom is -0.369 e. The van der Waals surface area contributed by atoms with Gasteiger partial charge in [-0.1, -0.05) is 24.3 Å². The first-order valence-electron chi connectivity index (χ1n) is 6.38. The molecular formula is C15H14Cl2F3N3O2. The quantitative estimate of drug-likeness (QED) is 0.470. The van der Waals surface area contributed by atoms with E-state index in [-0.39, 0.29) is 36.1 Å². The molecule has 2 aromatic rings. The van der Waals surface area contributed by atoms with Gasteiger partial charge in [-0.2, -0.15) is 13.2 Å². The minimum atomic E-state index is -4.59. The van der Waals surface area contributed by atoms with E-state index >= 15 is 0 Å². The molecule has 0 aliphatic rings.